The first kappa shape index (κ1) is 11.0. The quantitative estimate of drug-likeness (QED) is 0.728. The van der Waals surface area contributed by atoms with Gasteiger partial charge in [0.15, 0.2) is 0 Å². The number of benzene rings is 1. The van der Waals surface area contributed by atoms with E-state index in [0.29, 0.717) is 0 Å². The van der Waals surface area contributed by atoms with E-state index in [-0.39, 0.29) is 0 Å². The molecule has 0 heterocycles. The van der Waals surface area contributed by atoms with Crippen molar-refractivity contribution in [2.24, 2.45) is 0 Å². The molecule has 84 valence electrons. The van der Waals surface area contributed by atoms with Crippen LogP contribution >= 0.6 is 0 Å². The fourth-order valence-corrected chi connectivity index (χ4v) is 1.81. The highest BCUT2D eigenvalue weighted by molar-refractivity contribution is 5.31. The molecule has 0 spiro atoms. The van der Waals surface area contributed by atoms with E-state index in [2.05, 4.69) is 31.2 Å². The molecule has 0 bridgehead atoms. The Bertz CT molecular complexity index is 384. The van der Waals surface area contributed by atoms with Crippen LogP contribution in [0.4, 0.5) is 0 Å². The smallest absolute Gasteiger partial charge is 0.127 e. The third-order valence-corrected chi connectivity index (χ3v) is 2.66. The lowest BCUT2D eigenvalue weighted by Gasteiger charge is -2.09. The van der Waals surface area contributed by atoms with Crippen LogP contribution in [0.3, 0.4) is 0 Å². The van der Waals surface area contributed by atoms with Gasteiger partial charge in [-0.05, 0) is 49.1 Å². The molecule has 0 atom stereocenters. The lowest BCUT2D eigenvalue weighted by atomic mass is 10.1. The average Bonchev–Trinajstić information content (AvgIpc) is 2.33. The number of aryl methyl sites for hydroxylation is 1. The molecule has 0 N–H and O–H groups in total. The molecule has 0 radical (unpaired) electrons. The minimum absolute atomic E-state index is 0.928. The minimum Gasteiger partial charge on any atom is -0.458 e. The van der Waals surface area contributed by atoms with Crippen LogP contribution in [0.1, 0.15) is 31.7 Å². The number of hydrogen-bond donors (Lipinski definition) is 0. The second-order valence-corrected chi connectivity index (χ2v) is 4.08. The highest BCUT2D eigenvalue weighted by Gasteiger charge is 2.00. The normalized spacial score (nSPS) is 14.7. The lowest BCUT2D eigenvalue weighted by molar-refractivity contribution is 0.439. The standard InChI is InChI=1S/C15H18O/c1-2-6-13-9-11-15(12-10-13)16-14-7-4-3-5-8-14/h4,7-12H,2-3,5-6H2,1H3. The zero-order valence-electron chi connectivity index (χ0n) is 9.78. The molecule has 1 aromatic carbocycles. The fraction of sp³-hybridized carbons (Fsp3) is 0.333. The van der Waals surface area contributed by atoms with E-state index in [1.807, 2.05) is 18.2 Å². The van der Waals surface area contributed by atoms with Crippen LogP contribution in [-0.4, -0.2) is 0 Å². The van der Waals surface area contributed by atoms with Gasteiger partial charge in [-0.3, -0.25) is 0 Å². The predicted octanol–water partition coefficient (Wildman–Crippen LogP) is 4.25. The van der Waals surface area contributed by atoms with Crippen LogP contribution < -0.4 is 4.74 Å². The lowest BCUT2D eigenvalue weighted by Crippen LogP contribution is -1.95. The summed E-state index contributed by atoms with van der Waals surface area (Å²) in [6.45, 7) is 2.20. The molecule has 1 aliphatic rings. The van der Waals surface area contributed by atoms with Crippen LogP contribution in [0, 0.1) is 0 Å². The number of ether oxygens (including phenoxy) is 1. The van der Waals surface area contributed by atoms with E-state index in [9.17, 15) is 0 Å². The molecule has 0 fully saturated rings. The molecule has 1 aliphatic carbocycles. The van der Waals surface area contributed by atoms with Crippen LogP contribution in [0.15, 0.2) is 48.3 Å². The Labute approximate surface area is 97.4 Å². The summed E-state index contributed by atoms with van der Waals surface area (Å²) in [6, 6.07) is 8.39. The van der Waals surface area contributed by atoms with Gasteiger partial charge < -0.3 is 4.74 Å². The van der Waals surface area contributed by atoms with Gasteiger partial charge in [-0.25, -0.2) is 0 Å². The van der Waals surface area contributed by atoms with Crippen LogP contribution in [0.5, 0.6) is 5.75 Å². The van der Waals surface area contributed by atoms with E-state index in [0.717, 1.165) is 30.8 Å². The summed E-state index contributed by atoms with van der Waals surface area (Å²) in [5, 5.41) is 0. The number of rotatable bonds is 4. The Morgan fingerprint density at radius 2 is 1.94 bits per heavy atom. The Balaban J connectivity index is 1.99. The van der Waals surface area contributed by atoms with Crippen molar-refractivity contribution in [1.29, 1.82) is 0 Å². The third kappa shape index (κ3) is 2.99. The van der Waals surface area contributed by atoms with Gasteiger partial charge in [0.05, 0.1) is 0 Å². The Hall–Kier alpha value is -1.50. The van der Waals surface area contributed by atoms with E-state index in [1.54, 1.807) is 0 Å². The fourth-order valence-electron chi connectivity index (χ4n) is 1.81. The summed E-state index contributed by atoms with van der Waals surface area (Å²) in [5.41, 5.74) is 1.38. The topological polar surface area (TPSA) is 9.23 Å². The van der Waals surface area contributed by atoms with E-state index < -0.39 is 0 Å². The molecule has 0 amide bonds. The van der Waals surface area contributed by atoms with Gasteiger partial charge in [0, 0.05) is 0 Å². The first-order valence-corrected chi connectivity index (χ1v) is 6.02. The zero-order valence-corrected chi connectivity index (χ0v) is 9.78. The highest BCUT2D eigenvalue weighted by Crippen LogP contribution is 2.18. The van der Waals surface area contributed by atoms with E-state index >= 15 is 0 Å². The van der Waals surface area contributed by atoms with Crippen LogP contribution in [0.2, 0.25) is 0 Å². The maximum atomic E-state index is 5.76. The molecule has 0 saturated carbocycles. The van der Waals surface area contributed by atoms with Crippen molar-refractivity contribution in [3.05, 3.63) is 53.8 Å². The van der Waals surface area contributed by atoms with Gasteiger partial charge in [0.2, 0.25) is 0 Å². The maximum absolute atomic E-state index is 5.76. The monoisotopic (exact) mass is 214 g/mol. The van der Waals surface area contributed by atoms with Crippen molar-refractivity contribution in [1.82, 2.24) is 0 Å². The second-order valence-electron chi connectivity index (χ2n) is 4.08. The highest BCUT2D eigenvalue weighted by atomic mass is 16.5. The summed E-state index contributed by atoms with van der Waals surface area (Å²) in [4.78, 5) is 0. The number of allylic oxidation sites excluding steroid dienone is 3. The first-order valence-electron chi connectivity index (χ1n) is 6.02. The molecular weight excluding hydrogens is 196 g/mol. The maximum Gasteiger partial charge on any atom is 0.127 e. The summed E-state index contributed by atoms with van der Waals surface area (Å²) < 4.78 is 5.76. The van der Waals surface area contributed by atoms with Gasteiger partial charge in [0.1, 0.15) is 11.5 Å². The summed E-state index contributed by atoms with van der Waals surface area (Å²) in [7, 11) is 0. The van der Waals surface area contributed by atoms with Gasteiger partial charge in [-0.1, -0.05) is 31.6 Å². The largest absolute Gasteiger partial charge is 0.458 e. The van der Waals surface area contributed by atoms with Crippen molar-refractivity contribution in [2.75, 3.05) is 0 Å². The first-order chi connectivity index (χ1) is 7.88. The molecule has 0 aromatic heterocycles. The van der Waals surface area contributed by atoms with Crippen molar-refractivity contribution < 1.29 is 4.74 Å². The molecule has 0 saturated heterocycles. The second kappa shape index (κ2) is 5.55. The minimum atomic E-state index is 0.928. The molecular formula is C15H18O. The van der Waals surface area contributed by atoms with Gasteiger partial charge in [-0.15, -0.1) is 0 Å². The van der Waals surface area contributed by atoms with E-state index in [4.69, 9.17) is 4.74 Å². The predicted molar refractivity (Wildman–Crippen MR) is 67.5 cm³/mol. The van der Waals surface area contributed by atoms with Crippen LogP contribution in [0.25, 0.3) is 0 Å². The summed E-state index contributed by atoms with van der Waals surface area (Å²) in [6.07, 6.45) is 10.9. The molecule has 16 heavy (non-hydrogen) atoms. The molecule has 1 heteroatoms. The van der Waals surface area contributed by atoms with Crippen LogP contribution in [-0.2, 0) is 6.42 Å². The number of hydrogen-bond acceptors (Lipinski definition) is 1. The molecule has 0 unspecified atom stereocenters. The van der Waals surface area contributed by atoms with Crippen molar-refractivity contribution in [3.8, 4) is 5.75 Å². The molecule has 2 rings (SSSR count). The van der Waals surface area contributed by atoms with Crippen molar-refractivity contribution >= 4 is 0 Å². The van der Waals surface area contributed by atoms with Crippen molar-refractivity contribution in [3.63, 3.8) is 0 Å². The SMILES string of the molecule is CCCc1ccc(OC2=CCCC=C2)cc1. The van der Waals surface area contributed by atoms with Gasteiger partial charge in [0.25, 0.3) is 0 Å². The Morgan fingerprint density at radius 3 is 2.56 bits per heavy atom. The summed E-state index contributed by atoms with van der Waals surface area (Å²) >= 11 is 0. The molecule has 1 nitrogen and oxygen atoms in total. The Kier molecular flexibility index (Phi) is 3.81. The van der Waals surface area contributed by atoms with Crippen molar-refractivity contribution in [2.45, 2.75) is 32.6 Å². The van der Waals surface area contributed by atoms with Gasteiger partial charge >= 0.3 is 0 Å². The Morgan fingerprint density at radius 1 is 1.12 bits per heavy atom. The van der Waals surface area contributed by atoms with Gasteiger partial charge in [-0.2, -0.15) is 0 Å². The van der Waals surface area contributed by atoms with E-state index in [1.165, 1.54) is 12.0 Å². The summed E-state index contributed by atoms with van der Waals surface area (Å²) in [5.74, 6) is 1.90. The zero-order chi connectivity index (χ0) is 11.2. The average molecular weight is 214 g/mol. The molecule has 0 aliphatic heterocycles. The molecule has 1 aromatic rings. The third-order valence-electron chi connectivity index (χ3n) is 2.66.